The van der Waals surface area contributed by atoms with E-state index < -0.39 is 24.3 Å². The molecule has 0 aliphatic carbocycles. The van der Waals surface area contributed by atoms with Crippen molar-refractivity contribution in [3.8, 4) is 0 Å². The number of hydrogen-bond acceptors (Lipinski definition) is 8. The summed E-state index contributed by atoms with van der Waals surface area (Å²) in [5, 5.41) is 20.4. The van der Waals surface area contributed by atoms with Gasteiger partial charge in [-0.3, -0.25) is 4.79 Å². The summed E-state index contributed by atoms with van der Waals surface area (Å²) >= 11 is 0. The number of carbonyl (C=O) groups excluding carboxylic acids is 2. The first-order valence-corrected chi connectivity index (χ1v) is 15.6. The van der Waals surface area contributed by atoms with Gasteiger partial charge in [0.2, 0.25) is 0 Å². The normalized spacial score (nSPS) is 30.8. The summed E-state index contributed by atoms with van der Waals surface area (Å²) in [6.45, 7) is 9.31. The molecule has 2 saturated heterocycles. The van der Waals surface area contributed by atoms with E-state index in [0.29, 0.717) is 42.8 Å². The molecule has 4 rings (SSSR count). The van der Waals surface area contributed by atoms with Crippen molar-refractivity contribution in [3.05, 3.63) is 47.3 Å². The minimum Gasteiger partial charge on any atom is -0.457 e. The lowest BCUT2D eigenvalue weighted by atomic mass is 9.91. The topological polar surface area (TPSA) is 103 Å². The molecule has 238 valence electrons. The van der Waals surface area contributed by atoms with Gasteiger partial charge in [-0.25, -0.2) is 9.18 Å². The van der Waals surface area contributed by atoms with Crippen LogP contribution in [0.1, 0.15) is 58.4 Å². The van der Waals surface area contributed by atoms with E-state index in [9.17, 15) is 24.2 Å². The summed E-state index contributed by atoms with van der Waals surface area (Å²) in [4.78, 5) is 31.8. The fourth-order valence-electron chi connectivity index (χ4n) is 6.19. The molecule has 10 heteroatoms. The molecule has 0 aromatic heterocycles. The van der Waals surface area contributed by atoms with Gasteiger partial charge < -0.3 is 34.4 Å². The average molecular weight is 602 g/mol. The first kappa shape index (κ1) is 33.0. The molecule has 0 saturated carbocycles. The lowest BCUT2D eigenvalue weighted by molar-refractivity contribution is -0.151. The van der Waals surface area contributed by atoms with Crippen molar-refractivity contribution in [2.75, 3.05) is 51.3 Å². The average Bonchev–Trinajstić information content (AvgIpc) is 3.45. The number of hydrogen-bond donors (Lipinski definition) is 2. The van der Waals surface area contributed by atoms with Crippen LogP contribution in [0.3, 0.4) is 0 Å². The van der Waals surface area contributed by atoms with Crippen molar-refractivity contribution in [1.82, 2.24) is 9.80 Å². The third-order valence-corrected chi connectivity index (χ3v) is 8.92. The van der Waals surface area contributed by atoms with E-state index in [-0.39, 0.29) is 42.8 Å². The van der Waals surface area contributed by atoms with Crippen LogP contribution >= 0.6 is 0 Å². The second-order valence-corrected chi connectivity index (χ2v) is 12.5. The van der Waals surface area contributed by atoms with E-state index in [0.717, 1.165) is 32.5 Å². The van der Waals surface area contributed by atoms with E-state index in [1.54, 1.807) is 4.90 Å². The summed E-state index contributed by atoms with van der Waals surface area (Å²) in [6, 6.07) is 4.77. The number of cyclic esters (lactones) is 1. The van der Waals surface area contributed by atoms with Crippen molar-refractivity contribution < 1.29 is 33.7 Å². The van der Waals surface area contributed by atoms with Crippen LogP contribution in [0.4, 0.5) is 14.9 Å². The highest BCUT2D eigenvalue weighted by molar-refractivity contribution is 5.71. The number of nitrogens with zero attached hydrogens (tertiary/aromatic N) is 3. The number of rotatable bonds is 5. The highest BCUT2D eigenvalue weighted by Gasteiger charge is 2.29. The lowest BCUT2D eigenvalue weighted by Gasteiger charge is -2.33. The molecule has 1 aromatic rings. The molecule has 3 aliphatic heterocycles. The maximum atomic E-state index is 14.7. The highest BCUT2D eigenvalue weighted by Crippen LogP contribution is 2.30. The minimum absolute atomic E-state index is 0.0126. The Hall–Kier alpha value is -2.95. The van der Waals surface area contributed by atoms with Crippen molar-refractivity contribution in [1.29, 1.82) is 0 Å². The molecule has 0 bridgehead atoms. The molecule has 3 heterocycles. The van der Waals surface area contributed by atoms with Crippen molar-refractivity contribution in [3.63, 3.8) is 0 Å². The number of carbonyl (C=O) groups is 2. The Bertz CT molecular complexity index is 1170. The zero-order chi connectivity index (χ0) is 31.1. The second-order valence-electron chi connectivity index (χ2n) is 12.5. The van der Waals surface area contributed by atoms with Gasteiger partial charge in [-0.15, -0.1) is 0 Å². The summed E-state index contributed by atoms with van der Waals surface area (Å²) < 4.78 is 26.6. The SMILES string of the molecule is C/C(=C\c1cc(F)cc(N2CCC[C@H]2CO)c1)[C@H]1OC(=O)C[C@H](O)CC[C@H](C)[C@@H](OC(=O)N2CCN(C)CC2)/C=C/[C@@H]1C. The van der Waals surface area contributed by atoms with Crippen LogP contribution in [0.2, 0.25) is 0 Å². The summed E-state index contributed by atoms with van der Waals surface area (Å²) in [6.07, 6.45) is 5.79. The highest BCUT2D eigenvalue weighted by atomic mass is 19.1. The Kier molecular flexibility index (Phi) is 11.6. The van der Waals surface area contributed by atoms with Crippen LogP contribution in [-0.4, -0.2) is 103 Å². The molecule has 2 N–H and O–H groups in total. The molecule has 0 spiro atoms. The maximum absolute atomic E-state index is 14.7. The van der Waals surface area contributed by atoms with Crippen molar-refractivity contribution in [2.45, 2.75) is 77.2 Å². The predicted molar refractivity (Wildman–Crippen MR) is 164 cm³/mol. The molecule has 3 aliphatic rings. The molecule has 2 fully saturated rings. The largest absolute Gasteiger partial charge is 0.457 e. The molecular formula is C33H48FN3O6. The van der Waals surface area contributed by atoms with Gasteiger partial charge in [0.1, 0.15) is 18.0 Å². The smallest absolute Gasteiger partial charge is 0.410 e. The van der Waals surface area contributed by atoms with Gasteiger partial charge >= 0.3 is 12.1 Å². The first-order chi connectivity index (χ1) is 20.5. The summed E-state index contributed by atoms with van der Waals surface area (Å²) in [7, 11) is 2.03. The van der Waals surface area contributed by atoms with Gasteiger partial charge in [0.15, 0.2) is 0 Å². The number of amides is 1. The Labute approximate surface area is 254 Å². The van der Waals surface area contributed by atoms with Crippen LogP contribution in [-0.2, 0) is 14.3 Å². The van der Waals surface area contributed by atoms with Crippen LogP contribution in [0.25, 0.3) is 6.08 Å². The van der Waals surface area contributed by atoms with Gasteiger partial charge in [-0.1, -0.05) is 26.0 Å². The third kappa shape index (κ3) is 9.03. The Balaban J connectivity index is 1.57. The molecule has 43 heavy (non-hydrogen) atoms. The molecule has 9 nitrogen and oxygen atoms in total. The molecule has 6 atom stereocenters. The van der Waals surface area contributed by atoms with Crippen molar-refractivity contribution in [2.24, 2.45) is 11.8 Å². The lowest BCUT2D eigenvalue weighted by Crippen LogP contribution is -2.48. The fraction of sp³-hybridized carbons (Fsp3) is 0.636. The monoisotopic (exact) mass is 601 g/mol. The summed E-state index contributed by atoms with van der Waals surface area (Å²) in [5.41, 5.74) is 2.05. The van der Waals surface area contributed by atoms with Gasteiger partial charge in [0.25, 0.3) is 0 Å². The van der Waals surface area contributed by atoms with E-state index in [4.69, 9.17) is 9.47 Å². The number of piperazine rings is 1. The number of ether oxygens (including phenoxy) is 2. The molecule has 1 aromatic carbocycles. The zero-order valence-electron chi connectivity index (χ0n) is 26.0. The standard InChI is InChI=1S/C33H48FN3O6/c1-22-7-9-29(39)20-31(40)43-32(23(2)8-10-30(22)42-33(41)36-14-12-35(4)13-15-36)24(3)16-25-17-26(34)19-28(18-25)37-11-5-6-27(37)21-38/h8,10,16-19,22-23,27,29-30,32,38-39H,5-7,9,11-15,20-21H2,1-4H3/b10-8+,24-16+/t22-,23-,27-,29+,30-,32-/m0/s1. The van der Waals surface area contributed by atoms with Gasteiger partial charge in [-0.05, 0) is 81.0 Å². The number of esters is 1. The van der Waals surface area contributed by atoms with Crippen LogP contribution < -0.4 is 4.90 Å². The number of halogens is 1. The predicted octanol–water partition coefficient (Wildman–Crippen LogP) is 4.23. The Morgan fingerprint density at radius 3 is 2.56 bits per heavy atom. The maximum Gasteiger partial charge on any atom is 0.410 e. The zero-order valence-corrected chi connectivity index (χ0v) is 26.0. The Morgan fingerprint density at radius 1 is 1.09 bits per heavy atom. The molecular weight excluding hydrogens is 553 g/mol. The number of aliphatic hydroxyl groups excluding tert-OH is 2. The van der Waals surface area contributed by atoms with Gasteiger partial charge in [0.05, 0.1) is 25.2 Å². The molecule has 0 radical (unpaired) electrons. The fourth-order valence-corrected chi connectivity index (χ4v) is 6.19. The summed E-state index contributed by atoms with van der Waals surface area (Å²) in [5.74, 6) is -1.25. The number of likely N-dealkylation sites (N-methyl/N-ethyl adjacent to an activating group) is 1. The van der Waals surface area contributed by atoms with E-state index >= 15 is 0 Å². The number of benzene rings is 1. The Morgan fingerprint density at radius 2 is 1.84 bits per heavy atom. The van der Waals surface area contributed by atoms with Gasteiger partial charge in [0, 0.05) is 44.3 Å². The number of aliphatic hydroxyl groups is 2. The van der Waals surface area contributed by atoms with Crippen LogP contribution in [0.15, 0.2) is 35.9 Å². The third-order valence-electron chi connectivity index (χ3n) is 8.92. The minimum atomic E-state index is -0.877. The van der Waals surface area contributed by atoms with E-state index in [1.807, 2.05) is 57.0 Å². The quantitative estimate of drug-likeness (QED) is 0.382. The van der Waals surface area contributed by atoms with E-state index in [1.165, 1.54) is 12.1 Å². The molecule has 0 unspecified atom stereocenters. The first-order valence-electron chi connectivity index (χ1n) is 15.6. The van der Waals surface area contributed by atoms with Crippen molar-refractivity contribution >= 4 is 23.8 Å². The van der Waals surface area contributed by atoms with Gasteiger partial charge in [-0.2, -0.15) is 0 Å². The van der Waals surface area contributed by atoms with Crippen LogP contribution in [0.5, 0.6) is 0 Å². The second kappa shape index (κ2) is 15.2. The van der Waals surface area contributed by atoms with Crippen LogP contribution in [0, 0.1) is 17.7 Å². The number of anilines is 1. The molecule has 1 amide bonds. The van der Waals surface area contributed by atoms with E-state index in [2.05, 4.69) is 4.90 Å².